The lowest BCUT2D eigenvalue weighted by Crippen LogP contribution is -2.20. The minimum Gasteiger partial charge on any atom is -0.325 e. The van der Waals surface area contributed by atoms with Crippen molar-refractivity contribution in [3.8, 4) is 0 Å². The molecule has 4 nitrogen and oxygen atoms in total. The first-order valence-corrected chi connectivity index (χ1v) is 5.79. The van der Waals surface area contributed by atoms with Gasteiger partial charge in [0.05, 0.1) is 18.7 Å². The van der Waals surface area contributed by atoms with Crippen LogP contribution in [0.1, 0.15) is 12.0 Å². The summed E-state index contributed by atoms with van der Waals surface area (Å²) in [4.78, 5) is 11.6. The van der Waals surface area contributed by atoms with E-state index in [-0.39, 0.29) is 5.91 Å². The van der Waals surface area contributed by atoms with Crippen molar-refractivity contribution in [2.75, 3.05) is 6.54 Å². The van der Waals surface area contributed by atoms with Crippen molar-refractivity contribution in [3.63, 3.8) is 0 Å². The lowest BCUT2D eigenvalue weighted by Gasteiger charge is -2.11. The van der Waals surface area contributed by atoms with Gasteiger partial charge in [-0.25, -0.2) is 5.01 Å². The molecule has 0 atom stereocenters. The van der Waals surface area contributed by atoms with Crippen molar-refractivity contribution in [1.82, 2.24) is 5.01 Å². The second-order valence-corrected chi connectivity index (χ2v) is 4.54. The Morgan fingerprint density at radius 1 is 1.50 bits per heavy atom. The number of hydrazone groups is 1. The minimum atomic E-state index is 0.0143. The summed E-state index contributed by atoms with van der Waals surface area (Å²) in [5, 5.41) is 5.65. The van der Waals surface area contributed by atoms with Gasteiger partial charge >= 0.3 is 0 Å². The molecule has 0 spiro atoms. The normalized spacial score (nSPS) is 15.5. The molecule has 1 heterocycles. The smallest absolute Gasteiger partial charge is 0.248 e. The monoisotopic (exact) mass is 281 g/mol. The molecule has 0 saturated heterocycles. The van der Waals surface area contributed by atoms with Gasteiger partial charge in [-0.2, -0.15) is 5.10 Å². The summed E-state index contributed by atoms with van der Waals surface area (Å²) in [6.07, 6.45) is 0.352. The summed E-state index contributed by atoms with van der Waals surface area (Å²) < 4.78 is 1.000. The zero-order valence-electron chi connectivity index (χ0n) is 8.69. The lowest BCUT2D eigenvalue weighted by atomic mass is 10.2. The molecule has 1 aliphatic rings. The van der Waals surface area contributed by atoms with E-state index >= 15 is 0 Å². The van der Waals surface area contributed by atoms with Gasteiger partial charge in [0, 0.05) is 11.0 Å². The maximum atomic E-state index is 11.6. The highest BCUT2D eigenvalue weighted by Gasteiger charge is 2.22. The maximum Gasteiger partial charge on any atom is 0.248 e. The van der Waals surface area contributed by atoms with E-state index in [0.717, 1.165) is 15.7 Å². The van der Waals surface area contributed by atoms with Crippen LogP contribution in [-0.2, 0) is 11.3 Å². The molecule has 1 aliphatic heterocycles. The first-order chi connectivity index (χ1) is 7.69. The number of hydrogen-bond donors (Lipinski definition) is 1. The van der Waals surface area contributed by atoms with Gasteiger partial charge in [0.1, 0.15) is 0 Å². The van der Waals surface area contributed by atoms with Gasteiger partial charge in [0.2, 0.25) is 5.91 Å². The average molecular weight is 282 g/mol. The molecule has 84 valence electrons. The van der Waals surface area contributed by atoms with Crippen LogP contribution in [0.15, 0.2) is 33.8 Å². The Kier molecular flexibility index (Phi) is 3.36. The summed E-state index contributed by atoms with van der Waals surface area (Å²) in [5.41, 5.74) is 7.25. The molecule has 16 heavy (non-hydrogen) atoms. The number of halogens is 1. The number of benzene rings is 1. The number of hydrogen-bond acceptors (Lipinski definition) is 3. The van der Waals surface area contributed by atoms with Crippen molar-refractivity contribution in [2.24, 2.45) is 10.8 Å². The molecular formula is C11H12BrN3O. The number of amides is 1. The molecule has 0 bridgehead atoms. The molecule has 1 amide bonds. The predicted molar refractivity (Wildman–Crippen MR) is 65.8 cm³/mol. The zero-order valence-corrected chi connectivity index (χ0v) is 10.3. The molecule has 0 saturated carbocycles. The molecule has 2 rings (SSSR count). The fraction of sp³-hybridized carbons (Fsp3) is 0.273. The molecule has 1 aromatic rings. The van der Waals surface area contributed by atoms with E-state index in [1.165, 1.54) is 5.01 Å². The third-order valence-electron chi connectivity index (χ3n) is 2.36. The summed E-state index contributed by atoms with van der Waals surface area (Å²) in [6.45, 7) is 0.850. The highest BCUT2D eigenvalue weighted by Crippen LogP contribution is 2.16. The molecule has 0 fully saturated rings. The van der Waals surface area contributed by atoms with E-state index in [9.17, 15) is 4.79 Å². The maximum absolute atomic E-state index is 11.6. The zero-order chi connectivity index (χ0) is 11.5. The summed E-state index contributed by atoms with van der Waals surface area (Å²) in [5.74, 6) is 0.0143. The second-order valence-electron chi connectivity index (χ2n) is 3.63. The molecule has 2 N–H and O–H groups in total. The Hall–Kier alpha value is -1.20. The number of rotatable bonds is 3. The van der Waals surface area contributed by atoms with Gasteiger partial charge in [0.25, 0.3) is 0 Å². The van der Waals surface area contributed by atoms with Gasteiger partial charge in [-0.3, -0.25) is 4.79 Å². The van der Waals surface area contributed by atoms with Crippen LogP contribution in [0.4, 0.5) is 0 Å². The molecule has 0 aliphatic carbocycles. The Balaban J connectivity index is 2.10. The van der Waals surface area contributed by atoms with Crippen molar-refractivity contribution in [3.05, 3.63) is 34.3 Å². The third kappa shape index (κ3) is 2.48. The van der Waals surface area contributed by atoms with Gasteiger partial charge in [-0.15, -0.1) is 0 Å². The van der Waals surface area contributed by atoms with Crippen LogP contribution >= 0.6 is 15.9 Å². The summed E-state index contributed by atoms with van der Waals surface area (Å²) >= 11 is 3.39. The largest absolute Gasteiger partial charge is 0.325 e. The van der Waals surface area contributed by atoms with Crippen molar-refractivity contribution >= 4 is 27.5 Å². The van der Waals surface area contributed by atoms with E-state index < -0.39 is 0 Å². The van der Waals surface area contributed by atoms with Crippen molar-refractivity contribution in [1.29, 1.82) is 0 Å². The SMILES string of the molecule is NCC1=NN(Cc2cccc(Br)c2)C(=O)C1. The van der Waals surface area contributed by atoms with Crippen LogP contribution in [0.25, 0.3) is 0 Å². The summed E-state index contributed by atoms with van der Waals surface area (Å²) in [6, 6.07) is 7.83. The topological polar surface area (TPSA) is 58.7 Å². The van der Waals surface area contributed by atoms with Crippen LogP contribution in [-0.4, -0.2) is 23.2 Å². The van der Waals surface area contributed by atoms with Gasteiger partial charge < -0.3 is 5.73 Å². The number of carbonyl (C=O) groups excluding carboxylic acids is 1. The quantitative estimate of drug-likeness (QED) is 0.913. The first-order valence-electron chi connectivity index (χ1n) is 5.00. The molecular weight excluding hydrogens is 270 g/mol. The Labute approximate surface area is 102 Å². The number of carbonyl (C=O) groups is 1. The Bertz CT molecular complexity index is 445. The molecule has 0 radical (unpaired) electrons. The molecule has 0 aromatic heterocycles. The number of nitrogens with zero attached hydrogens (tertiary/aromatic N) is 2. The van der Waals surface area contributed by atoms with Gasteiger partial charge in [-0.05, 0) is 17.7 Å². The van der Waals surface area contributed by atoms with Gasteiger partial charge in [0.15, 0.2) is 0 Å². The van der Waals surface area contributed by atoms with Crippen LogP contribution in [0, 0.1) is 0 Å². The summed E-state index contributed by atoms with van der Waals surface area (Å²) in [7, 11) is 0. The molecule has 0 unspecified atom stereocenters. The fourth-order valence-corrected chi connectivity index (χ4v) is 2.02. The fourth-order valence-electron chi connectivity index (χ4n) is 1.57. The van der Waals surface area contributed by atoms with Crippen LogP contribution in [0.5, 0.6) is 0 Å². The van der Waals surface area contributed by atoms with Crippen LogP contribution < -0.4 is 5.73 Å². The van der Waals surface area contributed by atoms with Crippen LogP contribution in [0.3, 0.4) is 0 Å². The van der Waals surface area contributed by atoms with E-state index in [2.05, 4.69) is 21.0 Å². The standard InChI is InChI=1S/C11H12BrN3O/c12-9-3-1-2-8(4-9)7-15-11(16)5-10(6-13)14-15/h1-4H,5-7,13H2. The van der Waals surface area contributed by atoms with E-state index in [4.69, 9.17) is 5.73 Å². The minimum absolute atomic E-state index is 0.0143. The first kappa shape index (κ1) is 11.3. The Morgan fingerprint density at radius 3 is 2.94 bits per heavy atom. The van der Waals surface area contributed by atoms with E-state index in [1.54, 1.807) is 0 Å². The van der Waals surface area contributed by atoms with Gasteiger partial charge in [-0.1, -0.05) is 28.1 Å². The average Bonchev–Trinajstić information content (AvgIpc) is 2.60. The van der Waals surface area contributed by atoms with Crippen molar-refractivity contribution in [2.45, 2.75) is 13.0 Å². The number of nitrogens with two attached hydrogens (primary N) is 1. The molecule has 5 heteroatoms. The lowest BCUT2D eigenvalue weighted by molar-refractivity contribution is -0.129. The van der Waals surface area contributed by atoms with E-state index in [0.29, 0.717) is 19.5 Å². The third-order valence-corrected chi connectivity index (χ3v) is 2.86. The Morgan fingerprint density at radius 2 is 2.31 bits per heavy atom. The highest BCUT2D eigenvalue weighted by atomic mass is 79.9. The van der Waals surface area contributed by atoms with E-state index in [1.807, 2.05) is 24.3 Å². The second kappa shape index (κ2) is 4.76. The molecule has 1 aromatic carbocycles. The van der Waals surface area contributed by atoms with Crippen molar-refractivity contribution < 1.29 is 4.79 Å². The highest BCUT2D eigenvalue weighted by molar-refractivity contribution is 9.10. The van der Waals surface area contributed by atoms with Crippen LogP contribution in [0.2, 0.25) is 0 Å². The predicted octanol–water partition coefficient (Wildman–Crippen LogP) is 1.50.